The normalized spacial score (nSPS) is 23.0. The molecule has 114 valence electrons. The molecule has 2 unspecified atom stereocenters. The summed E-state index contributed by atoms with van der Waals surface area (Å²) in [4.78, 5) is 16.1. The minimum atomic E-state index is -0.0955. The van der Waals surface area contributed by atoms with Crippen LogP contribution in [0, 0.1) is 12.8 Å². The second-order valence-electron chi connectivity index (χ2n) is 5.82. The lowest BCUT2D eigenvalue weighted by atomic mass is 9.95. The number of nitrogens with one attached hydrogen (secondary N) is 1. The summed E-state index contributed by atoms with van der Waals surface area (Å²) in [5.41, 5.74) is 1.99. The van der Waals surface area contributed by atoms with Crippen molar-refractivity contribution >= 4 is 12.0 Å². The molecule has 0 aliphatic heterocycles. The van der Waals surface area contributed by atoms with Crippen molar-refractivity contribution < 1.29 is 9.90 Å². The summed E-state index contributed by atoms with van der Waals surface area (Å²) >= 11 is 0. The maximum atomic E-state index is 12.0. The van der Waals surface area contributed by atoms with E-state index in [1.807, 2.05) is 13.0 Å². The molecule has 4 heteroatoms. The molecule has 21 heavy (non-hydrogen) atoms. The summed E-state index contributed by atoms with van der Waals surface area (Å²) in [6.45, 7) is 2.12. The Hall–Kier alpha value is -1.68. The van der Waals surface area contributed by atoms with Gasteiger partial charge in [0.15, 0.2) is 0 Å². The molecule has 0 bridgehead atoms. The number of aryl methyl sites for hydroxylation is 1. The monoisotopic (exact) mass is 288 g/mol. The SMILES string of the molecule is Cc1cncc(/C=C/C(=O)NC2CCCCCC2CO)c1. The van der Waals surface area contributed by atoms with Crippen LogP contribution in [0.15, 0.2) is 24.5 Å². The van der Waals surface area contributed by atoms with E-state index < -0.39 is 0 Å². The number of hydrogen-bond donors (Lipinski definition) is 2. The lowest BCUT2D eigenvalue weighted by Gasteiger charge is -2.23. The highest BCUT2D eigenvalue weighted by molar-refractivity contribution is 5.91. The van der Waals surface area contributed by atoms with Crippen LogP contribution in [0.3, 0.4) is 0 Å². The molecule has 1 aliphatic rings. The zero-order chi connectivity index (χ0) is 15.1. The Morgan fingerprint density at radius 1 is 1.38 bits per heavy atom. The van der Waals surface area contributed by atoms with Crippen molar-refractivity contribution in [3.8, 4) is 0 Å². The van der Waals surface area contributed by atoms with E-state index in [9.17, 15) is 9.90 Å². The van der Waals surface area contributed by atoms with Crippen molar-refractivity contribution in [1.82, 2.24) is 10.3 Å². The lowest BCUT2D eigenvalue weighted by Crippen LogP contribution is -2.40. The Kier molecular flexibility index (Phi) is 5.93. The molecule has 0 spiro atoms. The average molecular weight is 288 g/mol. The summed E-state index contributed by atoms with van der Waals surface area (Å²) in [6, 6.07) is 2.07. The number of aliphatic hydroxyl groups excluding tert-OH is 1. The number of nitrogens with zero attached hydrogens (tertiary/aromatic N) is 1. The van der Waals surface area contributed by atoms with Gasteiger partial charge in [-0.2, -0.15) is 0 Å². The molecule has 0 radical (unpaired) electrons. The predicted molar refractivity (Wildman–Crippen MR) is 83.6 cm³/mol. The topological polar surface area (TPSA) is 62.2 Å². The number of rotatable bonds is 4. The Labute approximate surface area is 126 Å². The third-order valence-corrected chi connectivity index (χ3v) is 4.04. The largest absolute Gasteiger partial charge is 0.396 e. The molecule has 2 N–H and O–H groups in total. The molecule has 0 aromatic carbocycles. The second kappa shape index (κ2) is 7.93. The smallest absolute Gasteiger partial charge is 0.244 e. The van der Waals surface area contributed by atoms with Crippen molar-refractivity contribution in [3.63, 3.8) is 0 Å². The molecule has 2 atom stereocenters. The van der Waals surface area contributed by atoms with Crippen LogP contribution in [0.1, 0.15) is 43.2 Å². The zero-order valence-electron chi connectivity index (χ0n) is 12.6. The molecule has 4 nitrogen and oxygen atoms in total. The number of pyridine rings is 1. The highest BCUT2D eigenvalue weighted by Crippen LogP contribution is 2.23. The van der Waals surface area contributed by atoms with Crippen LogP contribution >= 0.6 is 0 Å². The third kappa shape index (κ3) is 4.97. The minimum Gasteiger partial charge on any atom is -0.396 e. The van der Waals surface area contributed by atoms with Gasteiger partial charge >= 0.3 is 0 Å². The van der Waals surface area contributed by atoms with Crippen molar-refractivity contribution in [3.05, 3.63) is 35.7 Å². The van der Waals surface area contributed by atoms with Crippen LogP contribution in [0.4, 0.5) is 0 Å². The molecular weight excluding hydrogens is 264 g/mol. The van der Waals surface area contributed by atoms with Gasteiger partial charge < -0.3 is 10.4 Å². The molecule has 2 rings (SSSR count). The first-order chi connectivity index (χ1) is 10.2. The number of carbonyl (C=O) groups is 1. The Balaban J connectivity index is 1.93. The highest BCUT2D eigenvalue weighted by atomic mass is 16.3. The number of aromatic nitrogens is 1. The molecule has 1 aromatic rings. The van der Waals surface area contributed by atoms with E-state index in [1.54, 1.807) is 24.5 Å². The standard InChI is InChI=1S/C17H24N2O2/c1-13-9-14(11-18-10-13)7-8-17(21)19-16-6-4-2-3-5-15(16)12-20/h7-11,15-16,20H,2-6,12H2,1H3,(H,19,21)/b8-7+. The van der Waals surface area contributed by atoms with Gasteiger partial charge in [-0.25, -0.2) is 0 Å². The number of hydrogen-bond acceptors (Lipinski definition) is 3. The van der Waals surface area contributed by atoms with Gasteiger partial charge in [0.25, 0.3) is 0 Å². The first-order valence-corrected chi connectivity index (χ1v) is 7.70. The predicted octanol–water partition coefficient (Wildman–Crippen LogP) is 2.46. The first-order valence-electron chi connectivity index (χ1n) is 7.70. The van der Waals surface area contributed by atoms with E-state index in [0.29, 0.717) is 0 Å². The summed E-state index contributed by atoms with van der Waals surface area (Å²) in [5.74, 6) is 0.0901. The average Bonchev–Trinajstić information content (AvgIpc) is 2.70. The number of carbonyl (C=O) groups excluding carboxylic acids is 1. The quantitative estimate of drug-likeness (QED) is 0.661. The van der Waals surface area contributed by atoms with E-state index in [4.69, 9.17) is 0 Å². The van der Waals surface area contributed by atoms with Gasteiger partial charge in [0.2, 0.25) is 5.91 Å². The Bertz CT molecular complexity index is 499. The summed E-state index contributed by atoms with van der Waals surface area (Å²) in [5, 5.41) is 12.5. The van der Waals surface area contributed by atoms with Crippen molar-refractivity contribution in [2.45, 2.75) is 45.1 Å². The van der Waals surface area contributed by atoms with Crippen LogP contribution in [-0.2, 0) is 4.79 Å². The van der Waals surface area contributed by atoms with Crippen LogP contribution in [-0.4, -0.2) is 28.6 Å². The van der Waals surface area contributed by atoms with Gasteiger partial charge in [-0.15, -0.1) is 0 Å². The van der Waals surface area contributed by atoms with E-state index >= 15 is 0 Å². The summed E-state index contributed by atoms with van der Waals surface area (Å²) < 4.78 is 0. The Morgan fingerprint density at radius 2 is 2.19 bits per heavy atom. The number of aliphatic hydroxyl groups is 1. The highest BCUT2D eigenvalue weighted by Gasteiger charge is 2.23. The molecule has 1 amide bonds. The van der Waals surface area contributed by atoms with Crippen LogP contribution in [0.25, 0.3) is 6.08 Å². The van der Waals surface area contributed by atoms with Crippen LogP contribution < -0.4 is 5.32 Å². The van der Waals surface area contributed by atoms with E-state index in [-0.39, 0.29) is 24.5 Å². The molecule has 0 saturated heterocycles. The summed E-state index contributed by atoms with van der Waals surface area (Å²) in [6.07, 6.45) is 12.2. The third-order valence-electron chi connectivity index (χ3n) is 4.04. The maximum absolute atomic E-state index is 12.0. The lowest BCUT2D eigenvalue weighted by molar-refractivity contribution is -0.117. The first kappa shape index (κ1) is 15.7. The summed E-state index contributed by atoms with van der Waals surface area (Å²) in [7, 11) is 0. The van der Waals surface area contributed by atoms with Crippen molar-refractivity contribution in [1.29, 1.82) is 0 Å². The van der Waals surface area contributed by atoms with Crippen molar-refractivity contribution in [2.75, 3.05) is 6.61 Å². The van der Waals surface area contributed by atoms with E-state index in [0.717, 1.165) is 36.8 Å². The fourth-order valence-corrected chi connectivity index (χ4v) is 2.87. The van der Waals surface area contributed by atoms with Gasteiger partial charge in [-0.05, 0) is 43.0 Å². The molecule has 1 saturated carbocycles. The van der Waals surface area contributed by atoms with Gasteiger partial charge in [0.05, 0.1) is 0 Å². The van der Waals surface area contributed by atoms with Gasteiger partial charge in [0.1, 0.15) is 0 Å². The van der Waals surface area contributed by atoms with E-state index in [2.05, 4.69) is 10.3 Å². The number of amides is 1. The van der Waals surface area contributed by atoms with Gasteiger partial charge in [0, 0.05) is 37.0 Å². The van der Waals surface area contributed by atoms with Crippen LogP contribution in [0.2, 0.25) is 0 Å². The Morgan fingerprint density at radius 3 is 2.95 bits per heavy atom. The molecule has 1 fully saturated rings. The van der Waals surface area contributed by atoms with Crippen LogP contribution in [0.5, 0.6) is 0 Å². The second-order valence-corrected chi connectivity index (χ2v) is 5.82. The molecule has 1 aromatic heterocycles. The van der Waals surface area contributed by atoms with Gasteiger partial charge in [-0.1, -0.05) is 19.3 Å². The fraction of sp³-hybridized carbons (Fsp3) is 0.529. The van der Waals surface area contributed by atoms with Crippen molar-refractivity contribution in [2.24, 2.45) is 5.92 Å². The minimum absolute atomic E-state index is 0.0882. The maximum Gasteiger partial charge on any atom is 0.244 e. The molecule has 1 aliphatic carbocycles. The zero-order valence-corrected chi connectivity index (χ0v) is 12.6. The molecular formula is C17H24N2O2. The fourth-order valence-electron chi connectivity index (χ4n) is 2.87. The van der Waals surface area contributed by atoms with Gasteiger partial charge in [-0.3, -0.25) is 9.78 Å². The molecule has 1 heterocycles. The van der Waals surface area contributed by atoms with E-state index in [1.165, 1.54) is 6.42 Å².